The average molecular weight is 377 g/mol. The maximum atomic E-state index is 12.9. The molecular weight excluding hydrogens is 350 g/mol. The van der Waals surface area contributed by atoms with E-state index in [0.717, 1.165) is 16.9 Å². The first-order valence-electron chi connectivity index (χ1n) is 9.33. The zero-order valence-corrected chi connectivity index (χ0v) is 17.3. The molecule has 0 saturated heterocycles. The molecule has 0 aliphatic carbocycles. The number of aryl methyl sites for hydroxylation is 1. The lowest BCUT2D eigenvalue weighted by atomic mass is 9.92. The van der Waals surface area contributed by atoms with Gasteiger partial charge in [0.15, 0.2) is 0 Å². The van der Waals surface area contributed by atoms with Gasteiger partial charge in [-0.15, -0.1) is 0 Å². The Labute approximate surface area is 166 Å². The number of carbonyl (C=O) groups is 1. The smallest absolute Gasteiger partial charge is 0.256 e. The molecule has 0 bridgehead atoms. The summed E-state index contributed by atoms with van der Waals surface area (Å²) in [6, 6.07) is 15.1. The van der Waals surface area contributed by atoms with Gasteiger partial charge in [0.1, 0.15) is 11.6 Å². The van der Waals surface area contributed by atoms with Gasteiger partial charge >= 0.3 is 0 Å². The van der Waals surface area contributed by atoms with Gasteiger partial charge < -0.3 is 10.1 Å². The second-order valence-corrected chi connectivity index (χ2v) is 7.98. The highest BCUT2D eigenvalue weighted by atomic mass is 16.5. The molecular formula is C23H27N3O2. The molecule has 2 aromatic carbocycles. The second kappa shape index (κ2) is 7.50. The summed E-state index contributed by atoms with van der Waals surface area (Å²) in [6.07, 6.45) is 0. The Kier molecular flexibility index (Phi) is 5.27. The summed E-state index contributed by atoms with van der Waals surface area (Å²) < 4.78 is 7.05. The molecule has 1 N–H and O–H groups in total. The van der Waals surface area contributed by atoms with Crippen molar-refractivity contribution < 1.29 is 9.53 Å². The summed E-state index contributed by atoms with van der Waals surface area (Å²) in [5.41, 5.74) is 4.56. The van der Waals surface area contributed by atoms with Gasteiger partial charge in [0.05, 0.1) is 18.5 Å². The maximum Gasteiger partial charge on any atom is 0.256 e. The maximum absolute atomic E-state index is 12.9. The summed E-state index contributed by atoms with van der Waals surface area (Å²) in [6.45, 7) is 10.5. The molecule has 146 valence electrons. The number of carbonyl (C=O) groups excluding carboxylic acids is 1. The Morgan fingerprint density at radius 2 is 1.79 bits per heavy atom. The highest BCUT2D eigenvalue weighted by Gasteiger charge is 2.22. The standard InChI is InChI=1S/C23H27N3O2/c1-15-9-7-12-19(16(15)2)26-21(14-20(25-26)23(3,4)5)24-22(27)17-10-8-11-18(13-17)28-6/h7-14H,1-6H3,(H,24,27). The number of hydrogen-bond acceptors (Lipinski definition) is 3. The highest BCUT2D eigenvalue weighted by Crippen LogP contribution is 2.28. The SMILES string of the molecule is COc1cccc(C(=O)Nc2cc(C(C)(C)C)nn2-c2cccc(C)c2C)c1. The molecule has 28 heavy (non-hydrogen) atoms. The van der Waals surface area contributed by atoms with Gasteiger partial charge in [-0.3, -0.25) is 4.79 Å². The molecule has 0 aliphatic heterocycles. The number of rotatable bonds is 4. The van der Waals surface area contributed by atoms with Crippen molar-refractivity contribution in [1.29, 1.82) is 0 Å². The zero-order chi connectivity index (χ0) is 20.5. The predicted molar refractivity (Wildman–Crippen MR) is 113 cm³/mol. The minimum atomic E-state index is -0.203. The molecule has 0 saturated carbocycles. The number of nitrogens with one attached hydrogen (secondary N) is 1. The summed E-state index contributed by atoms with van der Waals surface area (Å²) in [5.74, 6) is 1.09. The molecule has 0 unspecified atom stereocenters. The number of amides is 1. The van der Waals surface area contributed by atoms with Gasteiger partial charge in [0, 0.05) is 17.0 Å². The minimum Gasteiger partial charge on any atom is -0.497 e. The zero-order valence-electron chi connectivity index (χ0n) is 17.3. The van der Waals surface area contributed by atoms with Gasteiger partial charge in [-0.2, -0.15) is 5.10 Å². The topological polar surface area (TPSA) is 56.1 Å². The van der Waals surface area contributed by atoms with Crippen molar-refractivity contribution in [2.75, 3.05) is 12.4 Å². The Bertz CT molecular complexity index is 1010. The largest absolute Gasteiger partial charge is 0.497 e. The fraction of sp³-hybridized carbons (Fsp3) is 0.304. The third kappa shape index (κ3) is 3.93. The number of anilines is 1. The molecule has 0 aliphatic rings. The summed E-state index contributed by atoms with van der Waals surface area (Å²) >= 11 is 0. The van der Waals surface area contributed by atoms with E-state index in [0.29, 0.717) is 17.1 Å². The van der Waals surface area contributed by atoms with Crippen molar-refractivity contribution in [1.82, 2.24) is 9.78 Å². The first kappa shape index (κ1) is 19.7. The quantitative estimate of drug-likeness (QED) is 0.692. The Morgan fingerprint density at radius 3 is 2.46 bits per heavy atom. The lowest BCUT2D eigenvalue weighted by molar-refractivity contribution is 0.102. The van der Waals surface area contributed by atoms with Crippen LogP contribution in [0.15, 0.2) is 48.5 Å². The van der Waals surface area contributed by atoms with Crippen LogP contribution >= 0.6 is 0 Å². The normalized spacial score (nSPS) is 11.4. The first-order chi connectivity index (χ1) is 13.2. The molecule has 5 nitrogen and oxygen atoms in total. The predicted octanol–water partition coefficient (Wildman–Crippen LogP) is 5.05. The van der Waals surface area contributed by atoms with Crippen molar-refractivity contribution in [3.05, 3.63) is 70.9 Å². The van der Waals surface area contributed by atoms with E-state index in [9.17, 15) is 4.79 Å². The monoisotopic (exact) mass is 377 g/mol. The van der Waals surface area contributed by atoms with Gasteiger partial charge in [0.2, 0.25) is 0 Å². The van der Waals surface area contributed by atoms with E-state index in [1.807, 2.05) is 28.9 Å². The van der Waals surface area contributed by atoms with Crippen LogP contribution in [0.5, 0.6) is 5.75 Å². The van der Waals surface area contributed by atoms with Gasteiger partial charge in [-0.1, -0.05) is 39.0 Å². The molecule has 0 fully saturated rings. The number of methoxy groups -OCH3 is 1. The second-order valence-electron chi connectivity index (χ2n) is 7.98. The fourth-order valence-corrected chi connectivity index (χ4v) is 2.94. The van der Waals surface area contributed by atoms with Crippen LogP contribution in [-0.4, -0.2) is 22.8 Å². The number of benzene rings is 2. The molecule has 1 aromatic heterocycles. The Hall–Kier alpha value is -3.08. The molecule has 0 atom stereocenters. The summed E-state index contributed by atoms with van der Waals surface area (Å²) in [7, 11) is 1.59. The van der Waals surface area contributed by atoms with E-state index in [1.54, 1.807) is 25.3 Å². The van der Waals surface area contributed by atoms with Crippen LogP contribution in [0.4, 0.5) is 5.82 Å². The van der Waals surface area contributed by atoms with Crippen molar-refractivity contribution in [2.24, 2.45) is 0 Å². The van der Waals surface area contributed by atoms with Gasteiger partial charge in [-0.25, -0.2) is 4.68 Å². The van der Waals surface area contributed by atoms with Crippen LogP contribution in [0.25, 0.3) is 5.69 Å². The Morgan fingerprint density at radius 1 is 1.07 bits per heavy atom. The Balaban J connectivity index is 2.05. The van der Waals surface area contributed by atoms with E-state index in [2.05, 4.69) is 46.0 Å². The van der Waals surface area contributed by atoms with E-state index in [1.165, 1.54) is 5.56 Å². The average Bonchev–Trinajstić information content (AvgIpc) is 3.08. The van der Waals surface area contributed by atoms with Gasteiger partial charge in [-0.05, 0) is 49.2 Å². The first-order valence-corrected chi connectivity index (χ1v) is 9.33. The number of hydrogen-bond donors (Lipinski definition) is 1. The van der Waals surface area contributed by atoms with E-state index >= 15 is 0 Å². The van der Waals surface area contributed by atoms with Crippen molar-refractivity contribution in [3.63, 3.8) is 0 Å². The van der Waals surface area contributed by atoms with E-state index in [-0.39, 0.29) is 11.3 Å². The van der Waals surface area contributed by atoms with Crippen LogP contribution < -0.4 is 10.1 Å². The lowest BCUT2D eigenvalue weighted by Crippen LogP contribution is -2.16. The molecule has 0 radical (unpaired) electrons. The van der Waals surface area contributed by atoms with Crippen LogP contribution in [0, 0.1) is 13.8 Å². The van der Waals surface area contributed by atoms with Crippen molar-refractivity contribution in [2.45, 2.75) is 40.0 Å². The van der Waals surface area contributed by atoms with Crippen molar-refractivity contribution >= 4 is 11.7 Å². The lowest BCUT2D eigenvalue weighted by Gasteiger charge is -2.15. The molecule has 3 rings (SSSR count). The molecule has 0 spiro atoms. The molecule has 5 heteroatoms. The number of ether oxygens (including phenoxy) is 1. The molecule has 3 aromatic rings. The van der Waals surface area contributed by atoms with Crippen LogP contribution in [0.2, 0.25) is 0 Å². The van der Waals surface area contributed by atoms with Gasteiger partial charge in [0.25, 0.3) is 5.91 Å². The third-order valence-electron chi connectivity index (χ3n) is 4.86. The highest BCUT2D eigenvalue weighted by molar-refractivity contribution is 6.04. The molecule has 1 amide bonds. The molecule has 1 heterocycles. The van der Waals surface area contributed by atoms with Crippen LogP contribution in [0.1, 0.15) is 48.0 Å². The third-order valence-corrected chi connectivity index (χ3v) is 4.86. The summed E-state index contributed by atoms with van der Waals surface area (Å²) in [4.78, 5) is 12.9. The number of aromatic nitrogens is 2. The van der Waals surface area contributed by atoms with Crippen LogP contribution in [0.3, 0.4) is 0 Å². The van der Waals surface area contributed by atoms with E-state index < -0.39 is 0 Å². The number of nitrogens with zero attached hydrogens (tertiary/aromatic N) is 2. The minimum absolute atomic E-state index is 0.140. The summed E-state index contributed by atoms with van der Waals surface area (Å²) in [5, 5.41) is 7.83. The van der Waals surface area contributed by atoms with E-state index in [4.69, 9.17) is 9.84 Å². The van der Waals surface area contributed by atoms with Crippen molar-refractivity contribution in [3.8, 4) is 11.4 Å². The fourth-order valence-electron chi connectivity index (χ4n) is 2.94. The van der Waals surface area contributed by atoms with Crippen LogP contribution in [-0.2, 0) is 5.41 Å².